The van der Waals surface area contributed by atoms with Crippen LogP contribution in [0.15, 0.2) is 54.6 Å². The summed E-state index contributed by atoms with van der Waals surface area (Å²) in [5, 5.41) is -0.229. The Morgan fingerprint density at radius 2 is 1.70 bits per heavy atom. The van der Waals surface area contributed by atoms with E-state index in [9.17, 15) is 9.59 Å². The molecule has 2 aromatic rings. The number of Topliss-reactive ketones (excluding diaryl/α,β-unsaturated/α-hetero) is 1. The van der Waals surface area contributed by atoms with Crippen LogP contribution in [-0.2, 0) is 22.4 Å². The molecule has 1 aliphatic heterocycles. The van der Waals surface area contributed by atoms with Gasteiger partial charge in [-0.15, -0.1) is 0 Å². The summed E-state index contributed by atoms with van der Waals surface area (Å²) in [6, 6.07) is 18.0. The number of carbonyl (C=O) groups is 2. The highest BCUT2D eigenvalue weighted by molar-refractivity contribution is 8.15. The van der Waals surface area contributed by atoms with Crippen LogP contribution in [0.2, 0.25) is 0 Å². The fourth-order valence-electron chi connectivity index (χ4n) is 2.54. The molecule has 0 aliphatic carbocycles. The van der Waals surface area contributed by atoms with E-state index in [-0.39, 0.29) is 22.6 Å². The van der Waals surface area contributed by atoms with Crippen molar-refractivity contribution in [3.63, 3.8) is 0 Å². The molecule has 0 bridgehead atoms. The maximum absolute atomic E-state index is 11.7. The number of hydrogen-bond acceptors (Lipinski definition) is 4. The maximum atomic E-state index is 11.7. The van der Waals surface area contributed by atoms with Crippen molar-refractivity contribution in [1.29, 1.82) is 0 Å². The number of rotatable bonds is 6. The van der Waals surface area contributed by atoms with Crippen molar-refractivity contribution in [3.05, 3.63) is 65.7 Å². The first-order valence-electron chi connectivity index (χ1n) is 7.68. The molecule has 1 atom stereocenters. The van der Waals surface area contributed by atoms with E-state index in [0.717, 1.165) is 29.5 Å². The maximum Gasteiger partial charge on any atom is 0.197 e. The van der Waals surface area contributed by atoms with Gasteiger partial charge in [0.1, 0.15) is 5.75 Å². The lowest BCUT2D eigenvalue weighted by atomic mass is 10.1. The van der Waals surface area contributed by atoms with E-state index in [0.29, 0.717) is 13.0 Å². The molecular weight excluding hydrogens is 308 g/mol. The van der Waals surface area contributed by atoms with Crippen LogP contribution in [0.3, 0.4) is 0 Å². The summed E-state index contributed by atoms with van der Waals surface area (Å²) in [7, 11) is 0. The van der Waals surface area contributed by atoms with Crippen molar-refractivity contribution in [2.45, 2.75) is 24.5 Å². The normalized spacial score (nSPS) is 17.5. The molecule has 3 nitrogen and oxygen atoms in total. The molecule has 0 spiro atoms. The first kappa shape index (κ1) is 15.8. The second kappa shape index (κ2) is 7.47. The van der Waals surface area contributed by atoms with Crippen LogP contribution in [0.1, 0.15) is 17.5 Å². The Labute approximate surface area is 140 Å². The lowest BCUT2D eigenvalue weighted by molar-refractivity contribution is -0.121. The fourth-order valence-corrected chi connectivity index (χ4v) is 3.58. The minimum atomic E-state index is -0.215. The summed E-state index contributed by atoms with van der Waals surface area (Å²) in [5.74, 6) is 0.870. The fraction of sp³-hybridized carbons (Fsp3) is 0.263. The molecule has 0 saturated carbocycles. The molecule has 0 radical (unpaired) electrons. The van der Waals surface area contributed by atoms with E-state index in [2.05, 4.69) is 12.1 Å². The molecule has 1 aliphatic rings. The SMILES string of the molecule is O=C1CC(=O)C(Cc2ccc(OCCc3ccccc3)cc2)S1. The summed E-state index contributed by atoms with van der Waals surface area (Å²) < 4.78 is 5.75. The van der Waals surface area contributed by atoms with Crippen molar-refractivity contribution in [3.8, 4) is 5.75 Å². The van der Waals surface area contributed by atoms with Crippen molar-refractivity contribution >= 4 is 22.7 Å². The van der Waals surface area contributed by atoms with Crippen LogP contribution in [-0.4, -0.2) is 22.8 Å². The van der Waals surface area contributed by atoms with Gasteiger partial charge in [0, 0.05) is 6.42 Å². The first-order valence-corrected chi connectivity index (χ1v) is 8.56. The molecule has 2 aromatic carbocycles. The third-order valence-electron chi connectivity index (χ3n) is 3.80. The van der Waals surface area contributed by atoms with Gasteiger partial charge in [0.2, 0.25) is 0 Å². The summed E-state index contributed by atoms with van der Waals surface area (Å²) in [5.41, 5.74) is 2.31. The van der Waals surface area contributed by atoms with Gasteiger partial charge in [0.25, 0.3) is 0 Å². The number of ether oxygens (including phenoxy) is 1. The van der Waals surface area contributed by atoms with Crippen molar-refractivity contribution in [2.75, 3.05) is 6.61 Å². The van der Waals surface area contributed by atoms with E-state index < -0.39 is 0 Å². The zero-order chi connectivity index (χ0) is 16.1. The van der Waals surface area contributed by atoms with Gasteiger partial charge in [-0.2, -0.15) is 0 Å². The highest BCUT2D eigenvalue weighted by Crippen LogP contribution is 2.28. The minimum Gasteiger partial charge on any atom is -0.493 e. The standard InChI is InChI=1S/C19H18O3S/c20-17-13-19(21)23-18(17)12-15-6-8-16(9-7-15)22-11-10-14-4-2-1-3-5-14/h1-9,18H,10-13H2. The number of ketones is 1. The van der Waals surface area contributed by atoms with Crippen molar-refractivity contribution < 1.29 is 14.3 Å². The van der Waals surface area contributed by atoms with Gasteiger partial charge in [-0.1, -0.05) is 54.2 Å². The van der Waals surface area contributed by atoms with Crippen molar-refractivity contribution in [2.24, 2.45) is 0 Å². The van der Waals surface area contributed by atoms with E-state index >= 15 is 0 Å². The molecule has 4 heteroatoms. The Balaban J connectivity index is 1.49. The monoisotopic (exact) mass is 326 g/mol. The summed E-state index contributed by atoms with van der Waals surface area (Å²) in [6.45, 7) is 0.634. The molecule has 0 N–H and O–H groups in total. The number of hydrogen-bond donors (Lipinski definition) is 0. The lowest BCUT2D eigenvalue weighted by Gasteiger charge is -2.09. The van der Waals surface area contributed by atoms with Crippen LogP contribution in [0.4, 0.5) is 0 Å². The predicted octanol–water partition coefficient (Wildman–Crippen LogP) is 3.45. The van der Waals surface area contributed by atoms with Gasteiger partial charge in [-0.05, 0) is 29.7 Å². The molecule has 118 valence electrons. The third-order valence-corrected chi connectivity index (χ3v) is 4.92. The number of carbonyl (C=O) groups excluding carboxylic acids is 2. The Morgan fingerprint density at radius 1 is 0.957 bits per heavy atom. The van der Waals surface area contributed by atoms with E-state index in [1.807, 2.05) is 42.5 Å². The van der Waals surface area contributed by atoms with Gasteiger partial charge >= 0.3 is 0 Å². The summed E-state index contributed by atoms with van der Waals surface area (Å²) in [6.07, 6.45) is 1.56. The molecule has 1 fully saturated rings. The zero-order valence-corrected chi connectivity index (χ0v) is 13.6. The van der Waals surface area contributed by atoms with E-state index in [1.165, 1.54) is 5.56 Å². The van der Waals surface area contributed by atoms with E-state index in [4.69, 9.17) is 4.74 Å². The second-order valence-electron chi connectivity index (χ2n) is 5.55. The Hall–Kier alpha value is -2.07. The predicted molar refractivity (Wildman–Crippen MR) is 91.8 cm³/mol. The quantitative estimate of drug-likeness (QED) is 0.763. The highest BCUT2D eigenvalue weighted by atomic mass is 32.2. The van der Waals surface area contributed by atoms with Crippen molar-refractivity contribution in [1.82, 2.24) is 0 Å². The Bertz CT molecular complexity index is 680. The topological polar surface area (TPSA) is 43.4 Å². The second-order valence-corrected chi connectivity index (χ2v) is 6.81. The van der Waals surface area contributed by atoms with Gasteiger partial charge in [-0.25, -0.2) is 0 Å². The average molecular weight is 326 g/mol. The molecule has 23 heavy (non-hydrogen) atoms. The molecule has 0 aromatic heterocycles. The van der Waals surface area contributed by atoms with Crippen LogP contribution >= 0.6 is 11.8 Å². The molecule has 1 heterocycles. The minimum absolute atomic E-state index is 0.0131. The Morgan fingerprint density at radius 3 is 2.35 bits per heavy atom. The smallest absolute Gasteiger partial charge is 0.197 e. The largest absolute Gasteiger partial charge is 0.493 e. The molecule has 3 rings (SSSR count). The number of thioether (sulfide) groups is 1. The Kier molecular flexibility index (Phi) is 5.13. The van der Waals surface area contributed by atoms with E-state index in [1.54, 1.807) is 0 Å². The summed E-state index contributed by atoms with van der Waals surface area (Å²) >= 11 is 1.16. The highest BCUT2D eigenvalue weighted by Gasteiger charge is 2.31. The van der Waals surface area contributed by atoms with Crippen LogP contribution in [0, 0.1) is 0 Å². The van der Waals surface area contributed by atoms with Gasteiger partial charge < -0.3 is 4.74 Å². The van der Waals surface area contributed by atoms with Gasteiger partial charge in [0.05, 0.1) is 18.3 Å². The van der Waals surface area contributed by atoms with Crippen LogP contribution < -0.4 is 4.74 Å². The lowest BCUT2D eigenvalue weighted by Crippen LogP contribution is -2.13. The van der Waals surface area contributed by atoms with Gasteiger partial charge in [-0.3, -0.25) is 9.59 Å². The van der Waals surface area contributed by atoms with Crippen LogP contribution in [0.25, 0.3) is 0 Å². The summed E-state index contributed by atoms with van der Waals surface area (Å²) in [4.78, 5) is 22.9. The average Bonchev–Trinajstić information content (AvgIpc) is 2.88. The number of benzene rings is 2. The zero-order valence-electron chi connectivity index (χ0n) is 12.7. The molecular formula is C19H18O3S. The molecule has 1 saturated heterocycles. The molecule has 1 unspecified atom stereocenters. The molecule has 0 amide bonds. The van der Waals surface area contributed by atoms with Crippen LogP contribution in [0.5, 0.6) is 5.75 Å². The van der Waals surface area contributed by atoms with Gasteiger partial charge in [0.15, 0.2) is 10.9 Å². The third kappa shape index (κ3) is 4.45. The first-order chi connectivity index (χ1) is 11.2.